The predicted molar refractivity (Wildman–Crippen MR) is 83.3 cm³/mol. The Morgan fingerprint density at radius 1 is 1.42 bits per heavy atom. The topological polar surface area (TPSA) is 125 Å². The van der Waals surface area contributed by atoms with Crippen molar-refractivity contribution in [2.45, 2.75) is 45.7 Å². The van der Waals surface area contributed by atoms with Crippen LogP contribution in [-0.4, -0.2) is 55.4 Å². The van der Waals surface area contributed by atoms with Crippen LogP contribution in [0.15, 0.2) is 4.63 Å². The molecule has 0 aliphatic carbocycles. The molecule has 10 heteroatoms. The normalized spacial score (nSPS) is 18.7. The van der Waals surface area contributed by atoms with E-state index in [1.807, 2.05) is 0 Å². The molecule has 1 fully saturated rings. The smallest absolute Gasteiger partial charge is 0.360 e. The number of hydrogen-bond acceptors (Lipinski definition) is 9. The minimum atomic E-state index is -0.515. The van der Waals surface area contributed by atoms with E-state index in [1.54, 1.807) is 6.92 Å². The lowest BCUT2D eigenvalue weighted by atomic mass is 10.0. The van der Waals surface area contributed by atoms with Crippen molar-refractivity contribution >= 4 is 11.8 Å². The predicted octanol–water partition coefficient (Wildman–Crippen LogP) is 0.784. The fraction of sp³-hybridized carbons (Fsp3) is 0.643. The molecule has 1 unspecified atom stereocenters. The minimum Gasteiger partial charge on any atom is -0.461 e. The molecule has 10 nitrogen and oxygen atoms in total. The molecule has 0 bridgehead atoms. The summed E-state index contributed by atoms with van der Waals surface area (Å²) in [6.45, 7) is 5.62. The number of likely N-dealkylation sites (tertiary alicyclic amines) is 1. The lowest BCUT2D eigenvalue weighted by Crippen LogP contribution is -2.37. The van der Waals surface area contributed by atoms with Crippen molar-refractivity contribution in [1.29, 1.82) is 0 Å². The molecule has 1 aliphatic rings. The van der Waals surface area contributed by atoms with Crippen LogP contribution < -0.4 is 5.73 Å². The van der Waals surface area contributed by atoms with Crippen LogP contribution in [-0.2, 0) is 11.3 Å². The van der Waals surface area contributed by atoms with Crippen molar-refractivity contribution in [3.8, 4) is 5.82 Å². The van der Waals surface area contributed by atoms with Gasteiger partial charge < -0.3 is 10.5 Å². The van der Waals surface area contributed by atoms with Gasteiger partial charge >= 0.3 is 5.97 Å². The average molecular weight is 335 g/mol. The number of anilines is 1. The molecule has 1 saturated heterocycles. The molecule has 0 spiro atoms. The molecule has 2 N–H and O–H groups in total. The molecule has 1 aliphatic heterocycles. The summed E-state index contributed by atoms with van der Waals surface area (Å²) in [7, 11) is 0. The first kappa shape index (κ1) is 16.4. The lowest BCUT2D eigenvalue weighted by molar-refractivity contribution is 0.0515. The van der Waals surface area contributed by atoms with Crippen molar-refractivity contribution in [2.75, 3.05) is 18.9 Å². The molecule has 0 radical (unpaired) electrons. The van der Waals surface area contributed by atoms with Crippen LogP contribution in [0.5, 0.6) is 0 Å². The number of carbonyl (C=O) groups is 1. The van der Waals surface area contributed by atoms with Gasteiger partial charge in [-0.15, -0.1) is 5.10 Å². The Balaban J connectivity index is 1.97. The second kappa shape index (κ2) is 6.95. The van der Waals surface area contributed by atoms with Crippen LogP contribution in [0, 0.1) is 0 Å². The van der Waals surface area contributed by atoms with E-state index in [4.69, 9.17) is 10.5 Å². The van der Waals surface area contributed by atoms with E-state index in [0.29, 0.717) is 18.3 Å². The highest BCUT2D eigenvalue weighted by atomic mass is 16.6. The zero-order valence-electron chi connectivity index (χ0n) is 13.8. The first-order valence-electron chi connectivity index (χ1n) is 8.06. The molecule has 2 aromatic heterocycles. The monoisotopic (exact) mass is 335 g/mol. The third-order valence-electron chi connectivity index (χ3n) is 4.22. The SMILES string of the molecule is CCOC(=O)c1nnn(-c2nonc2N)c1CN1CCCCC1C. The molecule has 0 amide bonds. The molecule has 24 heavy (non-hydrogen) atoms. The minimum absolute atomic E-state index is 0.0863. The highest BCUT2D eigenvalue weighted by Crippen LogP contribution is 2.23. The molecular weight excluding hydrogens is 314 g/mol. The maximum Gasteiger partial charge on any atom is 0.360 e. The summed E-state index contributed by atoms with van der Waals surface area (Å²) < 4.78 is 11.1. The molecule has 1 atom stereocenters. The number of nitrogens with zero attached hydrogens (tertiary/aromatic N) is 6. The third-order valence-corrected chi connectivity index (χ3v) is 4.22. The Labute approximate surface area is 138 Å². The Kier molecular flexibility index (Phi) is 4.74. The maximum absolute atomic E-state index is 12.2. The van der Waals surface area contributed by atoms with Crippen LogP contribution in [0.2, 0.25) is 0 Å². The lowest BCUT2D eigenvalue weighted by Gasteiger charge is -2.33. The number of aromatic nitrogens is 5. The van der Waals surface area contributed by atoms with E-state index < -0.39 is 5.97 Å². The number of nitrogen functional groups attached to an aromatic ring is 1. The number of carbonyl (C=O) groups excluding carboxylic acids is 1. The quantitative estimate of drug-likeness (QED) is 0.789. The maximum atomic E-state index is 12.2. The van der Waals surface area contributed by atoms with Crippen molar-refractivity contribution in [3.63, 3.8) is 0 Å². The van der Waals surface area contributed by atoms with Crippen molar-refractivity contribution in [3.05, 3.63) is 11.4 Å². The molecular formula is C14H21N7O3. The first-order valence-corrected chi connectivity index (χ1v) is 8.06. The second-order valence-corrected chi connectivity index (χ2v) is 5.81. The molecule has 3 heterocycles. The Morgan fingerprint density at radius 3 is 2.92 bits per heavy atom. The van der Waals surface area contributed by atoms with E-state index in [0.717, 1.165) is 19.4 Å². The van der Waals surface area contributed by atoms with Gasteiger partial charge in [0.05, 0.1) is 12.3 Å². The molecule has 130 valence electrons. The van der Waals surface area contributed by atoms with Gasteiger partial charge in [0.2, 0.25) is 11.6 Å². The zero-order chi connectivity index (χ0) is 17.1. The molecule has 0 saturated carbocycles. The first-order chi connectivity index (χ1) is 11.6. The Morgan fingerprint density at radius 2 is 2.25 bits per heavy atom. The second-order valence-electron chi connectivity index (χ2n) is 5.81. The summed E-state index contributed by atoms with van der Waals surface area (Å²) in [5.74, 6) is -0.209. The molecule has 2 aromatic rings. The number of piperidine rings is 1. The van der Waals surface area contributed by atoms with Crippen LogP contribution in [0.25, 0.3) is 5.82 Å². The molecule has 0 aromatic carbocycles. The van der Waals surface area contributed by atoms with Crippen LogP contribution >= 0.6 is 0 Å². The average Bonchev–Trinajstić information content (AvgIpc) is 3.16. The van der Waals surface area contributed by atoms with Crippen molar-refractivity contribution in [1.82, 2.24) is 30.2 Å². The summed E-state index contributed by atoms with van der Waals surface area (Å²) >= 11 is 0. The van der Waals surface area contributed by atoms with Crippen LogP contribution in [0.1, 0.15) is 49.3 Å². The van der Waals surface area contributed by atoms with Gasteiger partial charge in [-0.2, -0.15) is 4.68 Å². The van der Waals surface area contributed by atoms with Gasteiger partial charge in [-0.1, -0.05) is 11.6 Å². The van der Waals surface area contributed by atoms with E-state index >= 15 is 0 Å². The van der Waals surface area contributed by atoms with E-state index in [9.17, 15) is 4.79 Å². The highest BCUT2D eigenvalue weighted by molar-refractivity contribution is 5.88. The fourth-order valence-electron chi connectivity index (χ4n) is 2.89. The number of ether oxygens (including phenoxy) is 1. The summed E-state index contributed by atoms with van der Waals surface area (Å²) in [5.41, 5.74) is 6.50. The zero-order valence-corrected chi connectivity index (χ0v) is 13.8. The Bertz CT molecular complexity index is 711. The molecule has 3 rings (SSSR count). The fourth-order valence-corrected chi connectivity index (χ4v) is 2.89. The summed E-state index contributed by atoms with van der Waals surface area (Å²) in [6, 6.07) is 0.407. The summed E-state index contributed by atoms with van der Waals surface area (Å²) in [6.07, 6.45) is 3.44. The van der Waals surface area contributed by atoms with Crippen LogP contribution in [0.3, 0.4) is 0 Å². The third kappa shape index (κ3) is 3.09. The van der Waals surface area contributed by atoms with Gasteiger partial charge in [0.15, 0.2) is 5.69 Å². The summed E-state index contributed by atoms with van der Waals surface area (Å²) in [4.78, 5) is 14.5. The van der Waals surface area contributed by atoms with Gasteiger partial charge in [-0.25, -0.2) is 9.42 Å². The number of hydrogen-bond donors (Lipinski definition) is 1. The Hall–Kier alpha value is -2.49. The van der Waals surface area contributed by atoms with E-state index in [2.05, 4.69) is 37.1 Å². The van der Waals surface area contributed by atoms with E-state index in [-0.39, 0.29) is 23.9 Å². The van der Waals surface area contributed by atoms with Crippen molar-refractivity contribution in [2.24, 2.45) is 0 Å². The number of nitrogens with two attached hydrogens (primary N) is 1. The van der Waals surface area contributed by atoms with Gasteiger partial charge in [0, 0.05) is 12.6 Å². The number of esters is 1. The van der Waals surface area contributed by atoms with E-state index in [1.165, 1.54) is 11.1 Å². The van der Waals surface area contributed by atoms with Gasteiger partial charge in [0.1, 0.15) is 0 Å². The summed E-state index contributed by atoms with van der Waals surface area (Å²) in [5, 5.41) is 15.3. The van der Waals surface area contributed by atoms with Crippen LogP contribution in [0.4, 0.5) is 5.82 Å². The van der Waals surface area contributed by atoms with Gasteiger partial charge in [0.25, 0.3) is 0 Å². The highest BCUT2D eigenvalue weighted by Gasteiger charge is 2.28. The van der Waals surface area contributed by atoms with Gasteiger partial charge in [-0.3, -0.25) is 4.90 Å². The van der Waals surface area contributed by atoms with Crippen molar-refractivity contribution < 1.29 is 14.2 Å². The standard InChI is InChI=1S/C14H21N7O3/c1-3-23-14(22)11-10(8-20-7-5-4-6-9(20)2)21(19-16-11)13-12(15)17-24-18-13/h9H,3-8H2,1-2H3,(H2,15,17). The largest absolute Gasteiger partial charge is 0.461 e. The van der Waals surface area contributed by atoms with Gasteiger partial charge in [-0.05, 0) is 43.5 Å². The number of rotatable bonds is 5.